The summed E-state index contributed by atoms with van der Waals surface area (Å²) in [6.07, 6.45) is 2.60. The van der Waals surface area contributed by atoms with Gasteiger partial charge in [-0.3, -0.25) is 9.80 Å². The van der Waals surface area contributed by atoms with Gasteiger partial charge in [0.2, 0.25) is 0 Å². The first-order chi connectivity index (χ1) is 12.9. The third-order valence-corrected chi connectivity index (χ3v) is 5.53. The summed E-state index contributed by atoms with van der Waals surface area (Å²) in [5, 5.41) is 3.45. The number of rotatable bonds is 5. The van der Waals surface area contributed by atoms with E-state index in [1.54, 1.807) is 0 Å². The molecule has 0 unspecified atom stereocenters. The molecular weight excluding hydrogens is 322 g/mol. The van der Waals surface area contributed by atoms with Crippen LogP contribution in [0.1, 0.15) is 18.4 Å². The summed E-state index contributed by atoms with van der Waals surface area (Å²) in [6.45, 7) is 8.18. The molecule has 2 fully saturated rings. The van der Waals surface area contributed by atoms with E-state index in [1.165, 1.54) is 44.6 Å². The second kappa shape index (κ2) is 8.67. The molecule has 0 atom stereocenters. The molecule has 26 heavy (non-hydrogen) atoms. The average Bonchev–Trinajstić information content (AvgIpc) is 2.72. The highest BCUT2D eigenvalue weighted by atomic mass is 16.5. The van der Waals surface area contributed by atoms with E-state index in [9.17, 15) is 0 Å². The van der Waals surface area contributed by atoms with Crippen molar-refractivity contribution in [2.24, 2.45) is 0 Å². The van der Waals surface area contributed by atoms with E-state index in [2.05, 4.69) is 39.4 Å². The number of nitrogens with one attached hydrogen (secondary N) is 1. The van der Waals surface area contributed by atoms with Crippen molar-refractivity contribution in [1.29, 1.82) is 0 Å². The summed E-state index contributed by atoms with van der Waals surface area (Å²) in [6, 6.07) is 19.3. The molecule has 2 aromatic rings. The topological polar surface area (TPSA) is 27.7 Å². The van der Waals surface area contributed by atoms with Crippen LogP contribution < -0.4 is 10.1 Å². The first kappa shape index (κ1) is 17.5. The quantitative estimate of drug-likeness (QED) is 0.894. The third-order valence-electron chi connectivity index (χ3n) is 5.53. The van der Waals surface area contributed by atoms with Crippen LogP contribution in [-0.2, 0) is 6.54 Å². The van der Waals surface area contributed by atoms with Crippen molar-refractivity contribution >= 4 is 0 Å². The molecule has 4 rings (SSSR count). The molecular formula is C22H29N3O. The Balaban J connectivity index is 1.26. The van der Waals surface area contributed by atoms with Crippen LogP contribution in [0.4, 0.5) is 0 Å². The van der Waals surface area contributed by atoms with E-state index >= 15 is 0 Å². The summed E-state index contributed by atoms with van der Waals surface area (Å²) >= 11 is 0. The minimum atomic E-state index is 0.787. The number of benzene rings is 2. The second-order valence-corrected chi connectivity index (χ2v) is 7.35. The molecule has 0 radical (unpaired) electrons. The maximum Gasteiger partial charge on any atom is 0.127 e. The van der Waals surface area contributed by atoms with E-state index in [-0.39, 0.29) is 0 Å². The number of hydrogen-bond donors (Lipinski definition) is 1. The van der Waals surface area contributed by atoms with Gasteiger partial charge in [-0.15, -0.1) is 0 Å². The highest BCUT2D eigenvalue weighted by Crippen LogP contribution is 2.23. The van der Waals surface area contributed by atoms with Gasteiger partial charge in [0, 0.05) is 38.8 Å². The SMILES string of the molecule is c1ccc(Oc2ccc(CN3CCC(N4CCNCC4)CC3)cc2)cc1. The van der Waals surface area contributed by atoms with Crippen LogP contribution in [-0.4, -0.2) is 55.1 Å². The Kier molecular flexibility index (Phi) is 5.85. The zero-order valence-electron chi connectivity index (χ0n) is 15.4. The van der Waals surface area contributed by atoms with E-state index < -0.39 is 0 Å². The van der Waals surface area contributed by atoms with Crippen LogP contribution in [0.5, 0.6) is 11.5 Å². The Labute approximate surface area is 156 Å². The Morgan fingerprint density at radius 2 is 1.46 bits per heavy atom. The first-order valence-corrected chi connectivity index (χ1v) is 9.86. The zero-order valence-corrected chi connectivity index (χ0v) is 15.4. The van der Waals surface area contributed by atoms with Gasteiger partial charge in [0.05, 0.1) is 0 Å². The minimum absolute atomic E-state index is 0.787. The summed E-state index contributed by atoms with van der Waals surface area (Å²) in [4.78, 5) is 5.27. The Hall–Kier alpha value is -1.88. The second-order valence-electron chi connectivity index (χ2n) is 7.35. The minimum Gasteiger partial charge on any atom is -0.457 e. The predicted molar refractivity (Wildman–Crippen MR) is 106 cm³/mol. The van der Waals surface area contributed by atoms with Crippen LogP contribution >= 0.6 is 0 Å². The van der Waals surface area contributed by atoms with Gasteiger partial charge in [0.15, 0.2) is 0 Å². The number of piperazine rings is 1. The van der Waals surface area contributed by atoms with Gasteiger partial charge in [-0.25, -0.2) is 0 Å². The van der Waals surface area contributed by atoms with Crippen LogP contribution in [0.2, 0.25) is 0 Å². The molecule has 0 spiro atoms. The average molecular weight is 351 g/mol. The van der Waals surface area contributed by atoms with E-state index in [1.807, 2.05) is 30.3 Å². The lowest BCUT2D eigenvalue weighted by molar-refractivity contribution is 0.0948. The standard InChI is InChI=1S/C22H29N3O/c1-2-4-21(5-3-1)26-22-8-6-19(7-9-22)18-24-14-10-20(11-15-24)25-16-12-23-13-17-25/h1-9,20,23H,10-18H2. The molecule has 0 amide bonds. The lowest BCUT2D eigenvalue weighted by atomic mass is 10.0. The van der Waals surface area contributed by atoms with Crippen molar-refractivity contribution in [1.82, 2.24) is 15.1 Å². The van der Waals surface area contributed by atoms with Gasteiger partial charge in [-0.1, -0.05) is 30.3 Å². The monoisotopic (exact) mass is 351 g/mol. The Bertz CT molecular complexity index is 660. The molecule has 0 aromatic heterocycles. The van der Waals surface area contributed by atoms with Crippen LogP contribution in [0.3, 0.4) is 0 Å². The summed E-state index contributed by atoms with van der Waals surface area (Å²) in [5.74, 6) is 1.78. The lowest BCUT2D eigenvalue weighted by Gasteiger charge is -2.40. The number of likely N-dealkylation sites (tertiary alicyclic amines) is 1. The molecule has 0 bridgehead atoms. The number of para-hydroxylation sites is 1. The molecule has 0 aliphatic carbocycles. The van der Waals surface area contributed by atoms with Crippen molar-refractivity contribution in [2.45, 2.75) is 25.4 Å². The maximum absolute atomic E-state index is 5.88. The number of ether oxygens (including phenoxy) is 1. The first-order valence-electron chi connectivity index (χ1n) is 9.86. The summed E-state index contributed by atoms with van der Waals surface area (Å²) < 4.78 is 5.88. The molecule has 1 N–H and O–H groups in total. The third kappa shape index (κ3) is 4.64. The molecule has 138 valence electrons. The fourth-order valence-electron chi connectivity index (χ4n) is 4.04. The largest absolute Gasteiger partial charge is 0.457 e. The van der Waals surface area contributed by atoms with E-state index in [0.717, 1.165) is 37.2 Å². The Morgan fingerprint density at radius 1 is 0.808 bits per heavy atom. The van der Waals surface area contributed by atoms with E-state index in [0.29, 0.717) is 0 Å². The summed E-state index contributed by atoms with van der Waals surface area (Å²) in [5.41, 5.74) is 1.37. The molecule has 4 heteroatoms. The van der Waals surface area contributed by atoms with Gasteiger partial charge in [0.1, 0.15) is 11.5 Å². The highest BCUT2D eigenvalue weighted by molar-refractivity contribution is 5.32. The fraction of sp³-hybridized carbons (Fsp3) is 0.455. The number of piperidine rings is 1. The van der Waals surface area contributed by atoms with Crippen LogP contribution in [0, 0.1) is 0 Å². The van der Waals surface area contributed by atoms with Gasteiger partial charge < -0.3 is 10.1 Å². The van der Waals surface area contributed by atoms with Gasteiger partial charge in [0.25, 0.3) is 0 Å². The normalized spacial score (nSPS) is 20.2. The Morgan fingerprint density at radius 3 is 2.15 bits per heavy atom. The molecule has 2 aliphatic heterocycles. The van der Waals surface area contributed by atoms with Crippen molar-refractivity contribution in [2.75, 3.05) is 39.3 Å². The fourth-order valence-corrected chi connectivity index (χ4v) is 4.04. The van der Waals surface area contributed by atoms with Crippen molar-refractivity contribution in [3.63, 3.8) is 0 Å². The molecule has 4 nitrogen and oxygen atoms in total. The van der Waals surface area contributed by atoms with Crippen LogP contribution in [0.25, 0.3) is 0 Å². The molecule has 2 aliphatic rings. The van der Waals surface area contributed by atoms with Gasteiger partial charge in [-0.2, -0.15) is 0 Å². The molecule has 2 aromatic carbocycles. The number of nitrogens with zero attached hydrogens (tertiary/aromatic N) is 2. The van der Waals surface area contributed by atoms with Crippen molar-refractivity contribution in [3.8, 4) is 11.5 Å². The molecule has 2 saturated heterocycles. The van der Waals surface area contributed by atoms with Crippen LogP contribution in [0.15, 0.2) is 54.6 Å². The zero-order chi connectivity index (χ0) is 17.6. The van der Waals surface area contributed by atoms with E-state index in [4.69, 9.17) is 4.74 Å². The van der Waals surface area contributed by atoms with Crippen molar-refractivity contribution in [3.05, 3.63) is 60.2 Å². The number of hydrogen-bond acceptors (Lipinski definition) is 4. The van der Waals surface area contributed by atoms with Gasteiger partial charge in [-0.05, 0) is 55.8 Å². The van der Waals surface area contributed by atoms with Crippen molar-refractivity contribution < 1.29 is 4.74 Å². The molecule has 0 saturated carbocycles. The molecule has 2 heterocycles. The predicted octanol–water partition coefficient (Wildman–Crippen LogP) is 3.35. The lowest BCUT2D eigenvalue weighted by Crippen LogP contribution is -2.51. The smallest absolute Gasteiger partial charge is 0.127 e. The summed E-state index contributed by atoms with van der Waals surface area (Å²) in [7, 11) is 0. The highest BCUT2D eigenvalue weighted by Gasteiger charge is 2.25. The van der Waals surface area contributed by atoms with Gasteiger partial charge >= 0.3 is 0 Å². The maximum atomic E-state index is 5.88.